The molecule has 13 heavy (non-hydrogen) atoms. The average molecular weight is 175 g/mol. The fraction of sp³-hybridized carbons (Fsp3) is 0.364. The van der Waals surface area contributed by atoms with Gasteiger partial charge < -0.3 is 5.73 Å². The molecule has 2 heteroatoms. The Morgan fingerprint density at radius 1 is 1.46 bits per heavy atom. The van der Waals surface area contributed by atoms with Crippen LogP contribution in [0.5, 0.6) is 0 Å². The predicted octanol–water partition coefficient (Wildman–Crippen LogP) is 1.97. The highest BCUT2D eigenvalue weighted by atomic mass is 16.1. The Morgan fingerprint density at radius 3 is 2.69 bits per heavy atom. The molecule has 0 atom stereocenters. The van der Waals surface area contributed by atoms with Crippen LogP contribution in [0.25, 0.3) is 0 Å². The first-order chi connectivity index (χ1) is 6.20. The molecule has 2 rings (SSSR count). The Labute approximate surface area is 77.8 Å². The van der Waals surface area contributed by atoms with Crippen LogP contribution < -0.4 is 5.73 Å². The van der Waals surface area contributed by atoms with Gasteiger partial charge in [-0.2, -0.15) is 0 Å². The van der Waals surface area contributed by atoms with Gasteiger partial charge >= 0.3 is 0 Å². The lowest BCUT2D eigenvalue weighted by molar-refractivity contribution is 0.0999. The smallest absolute Gasteiger partial charge is 0.248 e. The second kappa shape index (κ2) is 2.87. The molecular formula is C11H13NO. The van der Waals surface area contributed by atoms with Crippen molar-refractivity contribution in [2.24, 2.45) is 5.73 Å². The predicted molar refractivity (Wildman–Crippen MR) is 51.7 cm³/mol. The average Bonchev–Trinajstić information content (AvgIpc) is 2.87. The maximum absolute atomic E-state index is 11.0. The van der Waals surface area contributed by atoms with E-state index in [4.69, 9.17) is 5.73 Å². The molecule has 1 aliphatic rings. The molecule has 1 aliphatic carbocycles. The summed E-state index contributed by atoms with van der Waals surface area (Å²) in [6, 6.07) is 5.81. The minimum absolute atomic E-state index is 0.319. The Balaban J connectivity index is 2.47. The van der Waals surface area contributed by atoms with E-state index in [1.807, 2.05) is 13.0 Å². The third kappa shape index (κ3) is 1.44. The van der Waals surface area contributed by atoms with Crippen LogP contribution in [0.4, 0.5) is 0 Å². The first kappa shape index (κ1) is 8.30. The van der Waals surface area contributed by atoms with E-state index in [1.165, 1.54) is 18.4 Å². The number of carbonyl (C=O) groups excluding carboxylic acids is 1. The molecule has 0 saturated heterocycles. The van der Waals surface area contributed by atoms with Crippen LogP contribution in [0.2, 0.25) is 0 Å². The largest absolute Gasteiger partial charge is 0.366 e. The molecule has 2 N–H and O–H groups in total. The van der Waals surface area contributed by atoms with Crippen molar-refractivity contribution in [1.82, 2.24) is 0 Å². The number of primary amides is 1. The van der Waals surface area contributed by atoms with Gasteiger partial charge in [0.25, 0.3) is 0 Å². The summed E-state index contributed by atoms with van der Waals surface area (Å²) in [5.41, 5.74) is 8.31. The molecular weight excluding hydrogens is 162 g/mol. The van der Waals surface area contributed by atoms with Crippen molar-refractivity contribution in [2.75, 3.05) is 0 Å². The Hall–Kier alpha value is -1.31. The lowest BCUT2D eigenvalue weighted by atomic mass is 9.99. The van der Waals surface area contributed by atoms with E-state index in [9.17, 15) is 4.79 Å². The van der Waals surface area contributed by atoms with E-state index >= 15 is 0 Å². The number of benzene rings is 1. The van der Waals surface area contributed by atoms with Gasteiger partial charge in [-0.1, -0.05) is 12.1 Å². The number of nitrogens with two attached hydrogens (primary N) is 1. The maximum Gasteiger partial charge on any atom is 0.248 e. The van der Waals surface area contributed by atoms with Gasteiger partial charge in [0.2, 0.25) is 5.91 Å². The minimum atomic E-state index is -0.319. The summed E-state index contributed by atoms with van der Waals surface area (Å²) in [6.07, 6.45) is 2.51. The molecule has 0 radical (unpaired) electrons. The molecule has 0 aliphatic heterocycles. The van der Waals surface area contributed by atoms with E-state index in [2.05, 4.69) is 6.07 Å². The topological polar surface area (TPSA) is 43.1 Å². The summed E-state index contributed by atoms with van der Waals surface area (Å²) in [4.78, 5) is 11.0. The van der Waals surface area contributed by atoms with Crippen molar-refractivity contribution in [1.29, 1.82) is 0 Å². The lowest BCUT2D eigenvalue weighted by Gasteiger charge is -2.07. The van der Waals surface area contributed by atoms with Crippen molar-refractivity contribution < 1.29 is 4.79 Å². The summed E-state index contributed by atoms with van der Waals surface area (Å²) in [6.45, 7) is 1.98. The van der Waals surface area contributed by atoms with Crippen LogP contribution >= 0.6 is 0 Å². The van der Waals surface area contributed by atoms with Gasteiger partial charge in [0.05, 0.1) is 0 Å². The summed E-state index contributed by atoms with van der Waals surface area (Å²) in [5, 5.41) is 0. The molecule has 1 amide bonds. The maximum atomic E-state index is 11.0. The highest BCUT2D eigenvalue weighted by Gasteiger charge is 2.26. The summed E-state index contributed by atoms with van der Waals surface area (Å²) in [5.74, 6) is 0.360. The van der Waals surface area contributed by atoms with Crippen molar-refractivity contribution in [3.8, 4) is 0 Å². The Bertz CT molecular complexity index is 353. The SMILES string of the molecule is Cc1c(C(N)=O)cccc1C1CC1. The van der Waals surface area contributed by atoms with E-state index in [1.54, 1.807) is 6.07 Å². The second-order valence-electron chi connectivity index (χ2n) is 3.66. The second-order valence-corrected chi connectivity index (χ2v) is 3.66. The van der Waals surface area contributed by atoms with Crippen molar-refractivity contribution in [3.63, 3.8) is 0 Å². The number of hydrogen-bond donors (Lipinski definition) is 1. The molecule has 2 nitrogen and oxygen atoms in total. The highest BCUT2D eigenvalue weighted by Crippen LogP contribution is 2.41. The van der Waals surface area contributed by atoms with Gasteiger partial charge in [0, 0.05) is 5.56 Å². The lowest BCUT2D eigenvalue weighted by Crippen LogP contribution is -2.13. The molecule has 0 spiro atoms. The van der Waals surface area contributed by atoms with E-state index in [0.717, 1.165) is 5.56 Å². The van der Waals surface area contributed by atoms with Gasteiger partial charge in [-0.05, 0) is 42.9 Å². The fourth-order valence-electron chi connectivity index (χ4n) is 1.76. The third-order valence-electron chi connectivity index (χ3n) is 2.66. The van der Waals surface area contributed by atoms with Gasteiger partial charge in [0.1, 0.15) is 0 Å². The zero-order valence-electron chi connectivity index (χ0n) is 7.71. The Morgan fingerprint density at radius 2 is 2.15 bits per heavy atom. The fourth-order valence-corrected chi connectivity index (χ4v) is 1.76. The molecule has 0 bridgehead atoms. The molecule has 1 saturated carbocycles. The molecule has 0 aromatic heterocycles. The van der Waals surface area contributed by atoms with Gasteiger partial charge in [0.15, 0.2) is 0 Å². The Kier molecular flexibility index (Phi) is 1.83. The van der Waals surface area contributed by atoms with E-state index in [0.29, 0.717) is 11.5 Å². The van der Waals surface area contributed by atoms with Crippen molar-refractivity contribution >= 4 is 5.91 Å². The van der Waals surface area contributed by atoms with Gasteiger partial charge in [-0.15, -0.1) is 0 Å². The molecule has 1 fully saturated rings. The first-order valence-electron chi connectivity index (χ1n) is 4.59. The van der Waals surface area contributed by atoms with Crippen molar-refractivity contribution in [3.05, 3.63) is 34.9 Å². The zero-order valence-corrected chi connectivity index (χ0v) is 7.71. The standard InChI is InChI=1S/C11H13NO/c1-7-9(8-5-6-8)3-2-4-10(7)11(12)13/h2-4,8H,5-6H2,1H3,(H2,12,13). The zero-order chi connectivity index (χ0) is 9.42. The number of carbonyl (C=O) groups is 1. The van der Waals surface area contributed by atoms with Crippen molar-refractivity contribution in [2.45, 2.75) is 25.7 Å². The summed E-state index contributed by atoms with van der Waals surface area (Å²) < 4.78 is 0. The van der Waals surface area contributed by atoms with Crippen LogP contribution in [0.3, 0.4) is 0 Å². The summed E-state index contributed by atoms with van der Waals surface area (Å²) >= 11 is 0. The first-order valence-corrected chi connectivity index (χ1v) is 4.59. The van der Waals surface area contributed by atoms with Crippen LogP contribution in [0.1, 0.15) is 40.2 Å². The van der Waals surface area contributed by atoms with E-state index < -0.39 is 0 Å². The molecule has 0 heterocycles. The van der Waals surface area contributed by atoms with Crippen LogP contribution in [0.15, 0.2) is 18.2 Å². The van der Waals surface area contributed by atoms with E-state index in [-0.39, 0.29) is 5.91 Å². The van der Waals surface area contributed by atoms with Crippen LogP contribution in [-0.2, 0) is 0 Å². The van der Waals surface area contributed by atoms with Crippen LogP contribution in [0, 0.1) is 6.92 Å². The molecule has 0 unspecified atom stereocenters. The number of hydrogen-bond acceptors (Lipinski definition) is 1. The quantitative estimate of drug-likeness (QED) is 0.733. The molecule has 1 aromatic carbocycles. The number of rotatable bonds is 2. The van der Waals surface area contributed by atoms with Gasteiger partial charge in [-0.3, -0.25) is 4.79 Å². The third-order valence-corrected chi connectivity index (χ3v) is 2.66. The van der Waals surface area contributed by atoms with Gasteiger partial charge in [-0.25, -0.2) is 0 Å². The number of amides is 1. The summed E-state index contributed by atoms with van der Waals surface area (Å²) in [7, 11) is 0. The highest BCUT2D eigenvalue weighted by molar-refractivity contribution is 5.94. The monoisotopic (exact) mass is 175 g/mol. The normalized spacial score (nSPS) is 15.8. The molecule has 1 aromatic rings. The minimum Gasteiger partial charge on any atom is -0.366 e. The van der Waals surface area contributed by atoms with Crippen LogP contribution in [-0.4, -0.2) is 5.91 Å². The molecule has 68 valence electrons.